The molecule has 0 saturated carbocycles. The minimum atomic E-state index is 0.474. The Morgan fingerprint density at radius 1 is 0.960 bits per heavy atom. The fourth-order valence-corrected chi connectivity index (χ4v) is 4.06. The first-order valence-corrected chi connectivity index (χ1v) is 9.63. The zero-order valence-corrected chi connectivity index (χ0v) is 15.2. The third-order valence-corrected chi connectivity index (χ3v) is 5.49. The molecular weight excluding hydrogens is 330 g/mol. The standard InChI is InChI=1S/C21H24ClN3/c22-14-21-23-19-8-4-5-9-20(19)25(21)16-18-10-12-24(13-11-18)15-17-6-2-1-3-7-17/h1-9,18H,10-16H2. The van der Waals surface area contributed by atoms with Crippen molar-refractivity contribution in [1.82, 2.24) is 14.5 Å². The minimum Gasteiger partial charge on any atom is -0.327 e. The normalized spacial score (nSPS) is 16.5. The lowest BCUT2D eigenvalue weighted by molar-refractivity contribution is 0.167. The van der Waals surface area contributed by atoms with Gasteiger partial charge in [-0.1, -0.05) is 42.5 Å². The predicted octanol–water partition coefficient (Wildman–Crippen LogP) is 4.69. The van der Waals surface area contributed by atoms with Crippen LogP contribution in [0.5, 0.6) is 0 Å². The molecule has 0 bridgehead atoms. The van der Waals surface area contributed by atoms with Gasteiger partial charge in [0.25, 0.3) is 0 Å². The van der Waals surface area contributed by atoms with Gasteiger partial charge in [0.15, 0.2) is 0 Å². The zero-order valence-electron chi connectivity index (χ0n) is 14.4. The molecule has 2 aromatic carbocycles. The number of nitrogens with zero attached hydrogens (tertiary/aromatic N) is 3. The summed E-state index contributed by atoms with van der Waals surface area (Å²) in [6.45, 7) is 4.43. The Balaban J connectivity index is 1.40. The summed E-state index contributed by atoms with van der Waals surface area (Å²) < 4.78 is 2.33. The van der Waals surface area contributed by atoms with Crippen molar-refractivity contribution in [1.29, 1.82) is 0 Å². The van der Waals surface area contributed by atoms with E-state index < -0.39 is 0 Å². The van der Waals surface area contributed by atoms with E-state index in [1.807, 2.05) is 6.07 Å². The maximum Gasteiger partial charge on any atom is 0.124 e. The Labute approximate surface area is 154 Å². The molecule has 1 aliphatic heterocycles. The van der Waals surface area contributed by atoms with Gasteiger partial charge in [-0.3, -0.25) is 4.90 Å². The lowest BCUT2D eigenvalue weighted by atomic mass is 9.96. The second kappa shape index (κ2) is 7.59. The number of piperidine rings is 1. The fourth-order valence-electron chi connectivity index (χ4n) is 3.86. The molecule has 3 aromatic rings. The van der Waals surface area contributed by atoms with Gasteiger partial charge in [0.1, 0.15) is 5.82 Å². The average Bonchev–Trinajstić information content (AvgIpc) is 3.02. The first-order chi connectivity index (χ1) is 12.3. The molecule has 25 heavy (non-hydrogen) atoms. The SMILES string of the molecule is ClCc1nc2ccccc2n1CC1CCN(Cc2ccccc2)CC1. The third-order valence-electron chi connectivity index (χ3n) is 5.25. The van der Waals surface area contributed by atoms with Crippen molar-refractivity contribution in [2.45, 2.75) is 31.8 Å². The average molecular weight is 354 g/mol. The minimum absolute atomic E-state index is 0.474. The van der Waals surface area contributed by atoms with Gasteiger partial charge in [-0.2, -0.15) is 0 Å². The predicted molar refractivity (Wildman–Crippen MR) is 104 cm³/mol. The van der Waals surface area contributed by atoms with Crippen molar-refractivity contribution in [3.05, 3.63) is 66.0 Å². The van der Waals surface area contributed by atoms with Crippen molar-refractivity contribution >= 4 is 22.6 Å². The van der Waals surface area contributed by atoms with Crippen molar-refractivity contribution < 1.29 is 0 Å². The van der Waals surface area contributed by atoms with E-state index in [9.17, 15) is 0 Å². The van der Waals surface area contributed by atoms with Gasteiger partial charge in [-0.25, -0.2) is 4.98 Å². The summed E-state index contributed by atoms with van der Waals surface area (Å²) in [4.78, 5) is 7.26. The highest BCUT2D eigenvalue weighted by atomic mass is 35.5. The second-order valence-corrected chi connectivity index (χ2v) is 7.23. The van der Waals surface area contributed by atoms with Gasteiger partial charge < -0.3 is 4.57 Å². The number of benzene rings is 2. The fraction of sp³-hybridized carbons (Fsp3) is 0.381. The van der Waals surface area contributed by atoms with Gasteiger partial charge in [0.2, 0.25) is 0 Å². The zero-order chi connectivity index (χ0) is 17.1. The maximum absolute atomic E-state index is 6.14. The summed E-state index contributed by atoms with van der Waals surface area (Å²) in [7, 11) is 0. The summed E-state index contributed by atoms with van der Waals surface area (Å²) >= 11 is 6.14. The quantitative estimate of drug-likeness (QED) is 0.620. The highest BCUT2D eigenvalue weighted by Gasteiger charge is 2.21. The first-order valence-electron chi connectivity index (χ1n) is 9.10. The molecule has 4 rings (SSSR count). The van der Waals surface area contributed by atoms with Crippen LogP contribution in [0.4, 0.5) is 0 Å². The Morgan fingerprint density at radius 2 is 1.68 bits per heavy atom. The number of halogens is 1. The highest BCUT2D eigenvalue weighted by molar-refractivity contribution is 6.16. The molecule has 0 unspecified atom stereocenters. The number of rotatable bonds is 5. The van der Waals surface area contributed by atoms with Gasteiger partial charge in [0, 0.05) is 13.1 Å². The van der Waals surface area contributed by atoms with Crippen LogP contribution in [0.15, 0.2) is 54.6 Å². The lowest BCUT2D eigenvalue weighted by Crippen LogP contribution is -2.34. The van der Waals surface area contributed by atoms with Crippen molar-refractivity contribution in [2.75, 3.05) is 13.1 Å². The number of hydrogen-bond acceptors (Lipinski definition) is 2. The number of likely N-dealkylation sites (tertiary alicyclic amines) is 1. The largest absolute Gasteiger partial charge is 0.327 e. The Hall–Kier alpha value is -1.84. The molecule has 1 aliphatic rings. The Morgan fingerprint density at radius 3 is 2.44 bits per heavy atom. The molecule has 1 fully saturated rings. The van der Waals surface area contributed by atoms with Crippen LogP contribution in [0.1, 0.15) is 24.2 Å². The van der Waals surface area contributed by atoms with Crippen molar-refractivity contribution in [3.63, 3.8) is 0 Å². The van der Waals surface area contributed by atoms with E-state index in [4.69, 9.17) is 11.6 Å². The first kappa shape index (κ1) is 16.6. The summed E-state index contributed by atoms with van der Waals surface area (Å²) in [6.07, 6.45) is 2.47. The molecule has 1 saturated heterocycles. The molecule has 130 valence electrons. The maximum atomic E-state index is 6.14. The smallest absolute Gasteiger partial charge is 0.124 e. The number of imidazole rings is 1. The molecule has 0 amide bonds. The van der Waals surface area contributed by atoms with Crippen LogP contribution in [0.3, 0.4) is 0 Å². The number of fused-ring (bicyclic) bond motifs is 1. The molecule has 0 atom stereocenters. The third kappa shape index (κ3) is 3.73. The lowest BCUT2D eigenvalue weighted by Gasteiger charge is -2.32. The van der Waals surface area contributed by atoms with E-state index in [0.717, 1.165) is 24.4 Å². The highest BCUT2D eigenvalue weighted by Crippen LogP contribution is 2.25. The summed E-state index contributed by atoms with van der Waals surface area (Å²) in [5.41, 5.74) is 3.68. The molecule has 0 radical (unpaired) electrons. The molecule has 1 aromatic heterocycles. The van der Waals surface area contributed by atoms with Crippen LogP contribution in [0.2, 0.25) is 0 Å². The summed E-state index contributed by atoms with van der Waals surface area (Å²) in [5, 5.41) is 0. The van der Waals surface area contributed by atoms with Crippen molar-refractivity contribution in [2.24, 2.45) is 5.92 Å². The van der Waals surface area contributed by atoms with Gasteiger partial charge in [-0.05, 0) is 49.5 Å². The number of aromatic nitrogens is 2. The molecule has 0 spiro atoms. The van der Waals surface area contributed by atoms with Crippen LogP contribution < -0.4 is 0 Å². The topological polar surface area (TPSA) is 21.1 Å². The van der Waals surface area contributed by atoms with Gasteiger partial charge >= 0.3 is 0 Å². The van der Waals surface area contributed by atoms with Gasteiger partial charge in [0.05, 0.1) is 16.9 Å². The van der Waals surface area contributed by atoms with Crippen molar-refractivity contribution in [3.8, 4) is 0 Å². The van der Waals surface area contributed by atoms with E-state index in [2.05, 4.69) is 63.0 Å². The van der Waals surface area contributed by atoms with Crippen LogP contribution in [0, 0.1) is 5.92 Å². The molecular formula is C21H24ClN3. The summed E-state index contributed by atoms with van der Waals surface area (Å²) in [5.74, 6) is 2.17. The van der Waals surface area contributed by atoms with E-state index in [0.29, 0.717) is 11.8 Å². The van der Waals surface area contributed by atoms with E-state index in [1.54, 1.807) is 0 Å². The number of para-hydroxylation sites is 2. The second-order valence-electron chi connectivity index (χ2n) is 6.97. The van der Waals surface area contributed by atoms with Crippen LogP contribution >= 0.6 is 11.6 Å². The molecule has 3 nitrogen and oxygen atoms in total. The Bertz CT molecular complexity index is 820. The van der Waals surface area contributed by atoms with E-state index in [1.165, 1.54) is 37.0 Å². The number of hydrogen-bond donors (Lipinski definition) is 0. The van der Waals surface area contributed by atoms with E-state index >= 15 is 0 Å². The van der Waals surface area contributed by atoms with Crippen LogP contribution in [-0.2, 0) is 19.0 Å². The molecule has 0 N–H and O–H groups in total. The van der Waals surface area contributed by atoms with Crippen LogP contribution in [0.25, 0.3) is 11.0 Å². The monoisotopic (exact) mass is 353 g/mol. The molecule has 4 heteroatoms. The Kier molecular flexibility index (Phi) is 5.04. The van der Waals surface area contributed by atoms with Gasteiger partial charge in [-0.15, -0.1) is 11.6 Å². The molecule has 0 aliphatic carbocycles. The van der Waals surface area contributed by atoms with E-state index in [-0.39, 0.29) is 0 Å². The number of alkyl halides is 1. The summed E-state index contributed by atoms with van der Waals surface area (Å²) in [6, 6.07) is 19.1. The van der Waals surface area contributed by atoms with Crippen LogP contribution in [-0.4, -0.2) is 27.5 Å². The molecule has 2 heterocycles.